The molecule has 0 amide bonds. The van der Waals surface area contributed by atoms with E-state index in [1.165, 1.54) is 6.42 Å². The summed E-state index contributed by atoms with van der Waals surface area (Å²) >= 11 is 0. The van der Waals surface area contributed by atoms with Gasteiger partial charge in [-0.3, -0.25) is 0 Å². The van der Waals surface area contributed by atoms with Gasteiger partial charge in [0.2, 0.25) is 5.88 Å². The Morgan fingerprint density at radius 2 is 2.33 bits per heavy atom. The number of imidazole rings is 1. The molecule has 5 heteroatoms. The molecule has 1 aliphatic heterocycles. The Balaban J connectivity index is 1.84. The lowest BCUT2D eigenvalue weighted by molar-refractivity contribution is 0.496. The number of hydrogen-bond donors (Lipinski definition) is 1. The van der Waals surface area contributed by atoms with Crippen molar-refractivity contribution in [3.63, 3.8) is 0 Å². The molecule has 0 bridgehead atoms. The third kappa shape index (κ3) is 2.23. The molecule has 4 heterocycles. The molecule has 4 rings (SSSR count). The summed E-state index contributed by atoms with van der Waals surface area (Å²) in [5.41, 5.74) is 1.79. The highest BCUT2D eigenvalue weighted by atomic mass is 16.4. The molecule has 1 fully saturated rings. The van der Waals surface area contributed by atoms with Crippen molar-refractivity contribution in [3.8, 4) is 5.88 Å². The first-order valence-corrected chi connectivity index (χ1v) is 7.41. The Morgan fingerprint density at radius 1 is 1.38 bits per heavy atom. The summed E-state index contributed by atoms with van der Waals surface area (Å²) in [7, 11) is 0. The maximum Gasteiger partial charge on any atom is 0.206 e. The minimum atomic E-state index is 0.636. The maximum absolute atomic E-state index is 5.81. The van der Waals surface area contributed by atoms with Gasteiger partial charge in [0.1, 0.15) is 17.1 Å². The van der Waals surface area contributed by atoms with Crippen LogP contribution in [0.25, 0.3) is 17.0 Å². The van der Waals surface area contributed by atoms with Gasteiger partial charge in [-0.15, -0.1) is 0 Å². The Bertz CT molecular complexity index is 768. The molecular weight excluding hydrogens is 264 g/mol. The van der Waals surface area contributed by atoms with Crippen LogP contribution < -0.4 is 5.32 Å². The predicted octanol–water partition coefficient (Wildman–Crippen LogP) is 2.47. The van der Waals surface area contributed by atoms with Crippen LogP contribution >= 0.6 is 0 Å². The topological polar surface area (TPSA) is 55.9 Å². The lowest BCUT2D eigenvalue weighted by Crippen LogP contribution is -2.13. The maximum atomic E-state index is 5.81. The standard InChI is InChI=1S/C16H18N4O/c1-11-4-5-15(21-11)20-14(9-12-6-8-17-10-12)19-13-3-2-7-18-16(13)20/h2-5,7,12,17H,6,8-10H2,1H3. The SMILES string of the molecule is Cc1ccc(-n2c(CC3CCNC3)nc3cccnc32)o1. The molecule has 0 aliphatic carbocycles. The van der Waals surface area contributed by atoms with E-state index in [1.54, 1.807) is 6.20 Å². The first kappa shape index (κ1) is 12.6. The van der Waals surface area contributed by atoms with Crippen molar-refractivity contribution in [3.05, 3.63) is 42.0 Å². The Morgan fingerprint density at radius 3 is 3.10 bits per heavy atom. The number of fused-ring (bicyclic) bond motifs is 1. The summed E-state index contributed by atoms with van der Waals surface area (Å²) in [6.07, 6.45) is 3.95. The average molecular weight is 282 g/mol. The summed E-state index contributed by atoms with van der Waals surface area (Å²) < 4.78 is 7.86. The molecular formula is C16H18N4O. The van der Waals surface area contributed by atoms with Crippen LogP contribution in [0.5, 0.6) is 0 Å². The predicted molar refractivity (Wildman–Crippen MR) is 80.5 cm³/mol. The van der Waals surface area contributed by atoms with Crippen molar-refractivity contribution >= 4 is 11.2 Å². The third-order valence-electron chi connectivity index (χ3n) is 4.07. The Kier molecular flexibility index (Phi) is 3.00. The molecule has 1 saturated heterocycles. The molecule has 1 unspecified atom stereocenters. The van der Waals surface area contributed by atoms with E-state index in [0.717, 1.165) is 48.1 Å². The van der Waals surface area contributed by atoms with Crippen molar-refractivity contribution in [1.29, 1.82) is 0 Å². The summed E-state index contributed by atoms with van der Waals surface area (Å²) in [6, 6.07) is 7.89. The van der Waals surface area contributed by atoms with Crippen LogP contribution in [0, 0.1) is 12.8 Å². The fourth-order valence-electron chi connectivity index (χ4n) is 3.02. The first-order valence-electron chi connectivity index (χ1n) is 7.41. The lowest BCUT2D eigenvalue weighted by Gasteiger charge is -2.09. The Labute approximate surface area is 123 Å². The number of hydrogen-bond acceptors (Lipinski definition) is 4. The van der Waals surface area contributed by atoms with Gasteiger partial charge in [0.15, 0.2) is 5.65 Å². The molecule has 3 aromatic rings. The largest absolute Gasteiger partial charge is 0.445 e. The molecule has 5 nitrogen and oxygen atoms in total. The fraction of sp³-hybridized carbons (Fsp3) is 0.375. The van der Waals surface area contributed by atoms with Gasteiger partial charge in [-0.25, -0.2) is 14.5 Å². The quantitative estimate of drug-likeness (QED) is 0.802. The van der Waals surface area contributed by atoms with Gasteiger partial charge in [-0.05, 0) is 50.6 Å². The van der Waals surface area contributed by atoms with Crippen LogP contribution in [0.4, 0.5) is 0 Å². The minimum Gasteiger partial charge on any atom is -0.445 e. The lowest BCUT2D eigenvalue weighted by atomic mass is 10.0. The van der Waals surface area contributed by atoms with E-state index in [1.807, 2.05) is 31.2 Å². The van der Waals surface area contributed by atoms with E-state index in [9.17, 15) is 0 Å². The van der Waals surface area contributed by atoms with E-state index in [2.05, 4.69) is 14.9 Å². The third-order valence-corrected chi connectivity index (χ3v) is 4.07. The number of aromatic nitrogens is 3. The summed E-state index contributed by atoms with van der Waals surface area (Å²) in [6.45, 7) is 4.12. The van der Waals surface area contributed by atoms with Crippen LogP contribution in [-0.2, 0) is 6.42 Å². The first-order chi connectivity index (χ1) is 10.3. The molecule has 3 aromatic heterocycles. The van der Waals surface area contributed by atoms with Gasteiger partial charge < -0.3 is 9.73 Å². The van der Waals surface area contributed by atoms with Crippen LogP contribution in [0.2, 0.25) is 0 Å². The van der Waals surface area contributed by atoms with Gasteiger partial charge in [0.25, 0.3) is 0 Å². The van der Waals surface area contributed by atoms with Crippen molar-refractivity contribution in [2.24, 2.45) is 5.92 Å². The second-order valence-corrected chi connectivity index (χ2v) is 5.66. The molecule has 1 N–H and O–H groups in total. The van der Waals surface area contributed by atoms with Gasteiger partial charge in [0.05, 0.1) is 0 Å². The normalized spacial score (nSPS) is 18.6. The zero-order chi connectivity index (χ0) is 14.2. The minimum absolute atomic E-state index is 0.636. The van der Waals surface area contributed by atoms with Crippen molar-refractivity contribution in [1.82, 2.24) is 19.9 Å². The highest BCUT2D eigenvalue weighted by Gasteiger charge is 2.21. The number of nitrogens with one attached hydrogen (secondary N) is 1. The van der Waals surface area contributed by atoms with E-state index >= 15 is 0 Å². The average Bonchev–Trinajstić information content (AvgIpc) is 3.18. The monoisotopic (exact) mass is 282 g/mol. The molecule has 0 spiro atoms. The van der Waals surface area contributed by atoms with Crippen molar-refractivity contribution < 1.29 is 4.42 Å². The van der Waals surface area contributed by atoms with Crippen LogP contribution in [0.1, 0.15) is 18.0 Å². The number of rotatable bonds is 3. The van der Waals surface area contributed by atoms with Crippen LogP contribution in [0.3, 0.4) is 0 Å². The molecule has 0 radical (unpaired) electrons. The van der Waals surface area contributed by atoms with E-state index in [-0.39, 0.29) is 0 Å². The number of aryl methyl sites for hydroxylation is 1. The van der Waals surface area contributed by atoms with E-state index < -0.39 is 0 Å². The van der Waals surface area contributed by atoms with Gasteiger partial charge >= 0.3 is 0 Å². The summed E-state index contributed by atoms with van der Waals surface area (Å²) in [5.74, 6) is 3.37. The second kappa shape index (κ2) is 5.00. The van der Waals surface area contributed by atoms with Crippen molar-refractivity contribution in [2.75, 3.05) is 13.1 Å². The van der Waals surface area contributed by atoms with Crippen molar-refractivity contribution in [2.45, 2.75) is 19.8 Å². The molecule has 1 aliphatic rings. The summed E-state index contributed by atoms with van der Waals surface area (Å²) in [4.78, 5) is 9.26. The second-order valence-electron chi connectivity index (χ2n) is 5.66. The molecule has 21 heavy (non-hydrogen) atoms. The zero-order valence-corrected chi connectivity index (χ0v) is 12.0. The Hall–Kier alpha value is -2.14. The fourth-order valence-corrected chi connectivity index (χ4v) is 3.02. The van der Waals surface area contributed by atoms with Crippen LogP contribution in [0.15, 0.2) is 34.9 Å². The van der Waals surface area contributed by atoms with Gasteiger partial charge in [-0.1, -0.05) is 0 Å². The molecule has 108 valence electrons. The molecule has 0 aromatic carbocycles. The summed E-state index contributed by atoms with van der Waals surface area (Å²) in [5, 5.41) is 3.41. The molecule has 1 atom stereocenters. The van der Waals surface area contributed by atoms with E-state index in [4.69, 9.17) is 9.40 Å². The zero-order valence-electron chi connectivity index (χ0n) is 12.0. The number of nitrogens with zero attached hydrogens (tertiary/aromatic N) is 3. The van der Waals surface area contributed by atoms with Gasteiger partial charge in [0, 0.05) is 18.7 Å². The highest BCUT2D eigenvalue weighted by Crippen LogP contribution is 2.24. The van der Waals surface area contributed by atoms with Crippen LogP contribution in [-0.4, -0.2) is 27.6 Å². The molecule has 0 saturated carbocycles. The van der Waals surface area contributed by atoms with E-state index in [0.29, 0.717) is 5.92 Å². The smallest absolute Gasteiger partial charge is 0.206 e. The number of furan rings is 1. The number of pyridine rings is 1. The highest BCUT2D eigenvalue weighted by molar-refractivity contribution is 5.73. The van der Waals surface area contributed by atoms with Gasteiger partial charge in [-0.2, -0.15) is 0 Å².